The summed E-state index contributed by atoms with van der Waals surface area (Å²) < 4.78 is 5.21. The number of nitrogens with zero attached hydrogens (tertiary/aromatic N) is 2. The molecule has 0 saturated heterocycles. The SMILES string of the molecule is COc1ccc(-c2ccccc2C(=O)Nc2ccc(N(CCc3cscn3)C(=O)O)cc2)cc1. The van der Waals surface area contributed by atoms with Crippen LogP contribution in [0, 0.1) is 0 Å². The number of thiazole rings is 1. The summed E-state index contributed by atoms with van der Waals surface area (Å²) in [5.74, 6) is 0.491. The molecule has 0 aliphatic heterocycles. The third-order valence-electron chi connectivity index (χ3n) is 5.32. The summed E-state index contributed by atoms with van der Waals surface area (Å²) in [6, 6.07) is 21.6. The highest BCUT2D eigenvalue weighted by Crippen LogP contribution is 2.27. The Kier molecular flexibility index (Phi) is 7.19. The van der Waals surface area contributed by atoms with Gasteiger partial charge in [-0.25, -0.2) is 9.78 Å². The Morgan fingerprint density at radius 3 is 2.41 bits per heavy atom. The molecule has 0 saturated carbocycles. The molecule has 4 rings (SSSR count). The van der Waals surface area contributed by atoms with Gasteiger partial charge in [0.2, 0.25) is 0 Å². The molecule has 0 unspecified atom stereocenters. The Labute approximate surface area is 201 Å². The van der Waals surface area contributed by atoms with E-state index in [1.807, 2.05) is 47.8 Å². The molecule has 1 aromatic heterocycles. The van der Waals surface area contributed by atoms with Gasteiger partial charge in [-0.05, 0) is 53.6 Å². The number of aromatic nitrogens is 1. The van der Waals surface area contributed by atoms with Crippen LogP contribution in [0.3, 0.4) is 0 Å². The molecule has 1 heterocycles. The Balaban J connectivity index is 1.48. The molecule has 34 heavy (non-hydrogen) atoms. The molecule has 8 heteroatoms. The number of anilines is 2. The maximum absolute atomic E-state index is 13.0. The molecule has 2 amide bonds. The van der Waals surface area contributed by atoms with Crippen LogP contribution in [-0.2, 0) is 6.42 Å². The van der Waals surface area contributed by atoms with Crippen LogP contribution < -0.4 is 15.0 Å². The van der Waals surface area contributed by atoms with Crippen LogP contribution in [0.2, 0.25) is 0 Å². The summed E-state index contributed by atoms with van der Waals surface area (Å²) in [6.07, 6.45) is -0.517. The molecule has 172 valence electrons. The maximum atomic E-state index is 13.0. The van der Waals surface area contributed by atoms with Gasteiger partial charge in [-0.15, -0.1) is 11.3 Å². The molecule has 0 bridgehead atoms. The van der Waals surface area contributed by atoms with Crippen LogP contribution in [0.1, 0.15) is 16.1 Å². The molecule has 0 spiro atoms. The van der Waals surface area contributed by atoms with Gasteiger partial charge in [-0.2, -0.15) is 0 Å². The van der Waals surface area contributed by atoms with E-state index in [4.69, 9.17) is 4.74 Å². The van der Waals surface area contributed by atoms with Crippen molar-refractivity contribution in [1.82, 2.24) is 4.98 Å². The van der Waals surface area contributed by atoms with Gasteiger partial charge in [0.1, 0.15) is 5.75 Å². The monoisotopic (exact) mass is 473 g/mol. The van der Waals surface area contributed by atoms with E-state index in [0.29, 0.717) is 29.9 Å². The largest absolute Gasteiger partial charge is 0.497 e. The number of ether oxygens (including phenoxy) is 1. The first-order valence-electron chi connectivity index (χ1n) is 10.6. The molecule has 7 nitrogen and oxygen atoms in total. The van der Waals surface area contributed by atoms with Crippen molar-refractivity contribution >= 4 is 34.7 Å². The van der Waals surface area contributed by atoms with E-state index in [9.17, 15) is 14.7 Å². The molecule has 0 aliphatic carbocycles. The standard InChI is InChI=1S/C26H23N3O4S/c1-33-22-12-6-18(7-13-22)23-4-2-3-5-24(23)25(30)28-19-8-10-21(11-9-19)29(26(31)32)15-14-20-16-34-17-27-20/h2-13,16-17H,14-15H2,1H3,(H,28,30)(H,31,32). The van der Waals surface area contributed by atoms with Crippen LogP contribution in [0.25, 0.3) is 11.1 Å². The fourth-order valence-electron chi connectivity index (χ4n) is 3.55. The van der Waals surface area contributed by atoms with Crippen LogP contribution in [0.4, 0.5) is 16.2 Å². The van der Waals surface area contributed by atoms with Crippen molar-refractivity contribution in [3.05, 3.63) is 94.9 Å². The van der Waals surface area contributed by atoms with Crippen LogP contribution in [0.5, 0.6) is 5.75 Å². The summed E-state index contributed by atoms with van der Waals surface area (Å²) in [6.45, 7) is 0.292. The first kappa shape index (κ1) is 23.0. The van der Waals surface area contributed by atoms with Gasteiger partial charge in [0.05, 0.1) is 18.3 Å². The van der Waals surface area contributed by atoms with Gasteiger partial charge in [-0.1, -0.05) is 30.3 Å². The van der Waals surface area contributed by atoms with Crippen molar-refractivity contribution in [2.45, 2.75) is 6.42 Å². The molecule has 4 aromatic rings. The molecule has 0 radical (unpaired) electrons. The van der Waals surface area contributed by atoms with Gasteiger partial charge in [-0.3, -0.25) is 9.69 Å². The first-order chi connectivity index (χ1) is 16.5. The normalized spacial score (nSPS) is 10.5. The van der Waals surface area contributed by atoms with E-state index >= 15 is 0 Å². The van der Waals surface area contributed by atoms with Crippen LogP contribution in [-0.4, -0.2) is 35.7 Å². The number of benzene rings is 3. The predicted octanol–water partition coefficient (Wildman–Crippen LogP) is 5.80. The maximum Gasteiger partial charge on any atom is 0.411 e. The van der Waals surface area contributed by atoms with Crippen molar-refractivity contribution in [3.8, 4) is 16.9 Å². The van der Waals surface area contributed by atoms with Crippen molar-refractivity contribution in [3.63, 3.8) is 0 Å². The first-order valence-corrected chi connectivity index (χ1v) is 11.5. The van der Waals surface area contributed by atoms with E-state index in [0.717, 1.165) is 22.6 Å². The lowest BCUT2D eigenvalue weighted by molar-refractivity contribution is 0.102. The van der Waals surface area contributed by atoms with Crippen molar-refractivity contribution < 1.29 is 19.4 Å². The lowest BCUT2D eigenvalue weighted by atomic mass is 9.99. The van der Waals surface area contributed by atoms with Gasteiger partial charge < -0.3 is 15.2 Å². The van der Waals surface area contributed by atoms with Crippen LogP contribution in [0.15, 0.2) is 83.7 Å². The van der Waals surface area contributed by atoms with E-state index in [-0.39, 0.29) is 5.91 Å². The van der Waals surface area contributed by atoms with E-state index < -0.39 is 6.09 Å². The average molecular weight is 474 g/mol. The van der Waals surface area contributed by atoms with Crippen LogP contribution >= 0.6 is 11.3 Å². The number of carbonyl (C=O) groups excluding carboxylic acids is 1. The zero-order valence-corrected chi connectivity index (χ0v) is 19.3. The molecule has 0 fully saturated rings. The minimum atomic E-state index is -1.04. The average Bonchev–Trinajstić information content (AvgIpc) is 3.39. The Hall–Kier alpha value is -4.17. The second kappa shape index (κ2) is 10.6. The fourth-order valence-corrected chi connectivity index (χ4v) is 4.14. The van der Waals surface area contributed by atoms with Gasteiger partial charge in [0, 0.05) is 35.3 Å². The summed E-state index contributed by atoms with van der Waals surface area (Å²) >= 11 is 1.48. The summed E-state index contributed by atoms with van der Waals surface area (Å²) in [5.41, 5.74) is 5.92. The number of carbonyl (C=O) groups is 2. The van der Waals surface area contributed by atoms with Gasteiger partial charge >= 0.3 is 6.09 Å². The number of hydrogen-bond acceptors (Lipinski definition) is 5. The highest BCUT2D eigenvalue weighted by Gasteiger charge is 2.16. The molecule has 0 atom stereocenters. The number of methoxy groups -OCH3 is 1. The summed E-state index contributed by atoms with van der Waals surface area (Å²) in [5, 5.41) is 14.4. The lowest BCUT2D eigenvalue weighted by Gasteiger charge is -2.19. The number of carboxylic acid groups (broad SMARTS) is 1. The predicted molar refractivity (Wildman–Crippen MR) is 134 cm³/mol. The highest BCUT2D eigenvalue weighted by atomic mass is 32.1. The zero-order valence-electron chi connectivity index (χ0n) is 18.5. The lowest BCUT2D eigenvalue weighted by Crippen LogP contribution is -2.31. The fraction of sp³-hybridized carbons (Fsp3) is 0.115. The van der Waals surface area contributed by atoms with E-state index in [2.05, 4.69) is 10.3 Å². The Morgan fingerprint density at radius 2 is 1.76 bits per heavy atom. The second-order valence-corrected chi connectivity index (χ2v) is 8.16. The zero-order chi connectivity index (χ0) is 23.9. The van der Waals surface area contributed by atoms with E-state index in [1.54, 1.807) is 43.0 Å². The number of amides is 2. The summed E-state index contributed by atoms with van der Waals surface area (Å²) in [4.78, 5) is 30.3. The van der Waals surface area contributed by atoms with Gasteiger partial charge in [0.25, 0.3) is 5.91 Å². The number of rotatable bonds is 8. The Bertz CT molecular complexity index is 1260. The second-order valence-electron chi connectivity index (χ2n) is 7.44. The minimum Gasteiger partial charge on any atom is -0.497 e. The van der Waals surface area contributed by atoms with Gasteiger partial charge in [0.15, 0.2) is 0 Å². The minimum absolute atomic E-state index is 0.252. The summed E-state index contributed by atoms with van der Waals surface area (Å²) in [7, 11) is 1.61. The topological polar surface area (TPSA) is 91.8 Å². The van der Waals surface area contributed by atoms with Crippen molar-refractivity contribution in [2.75, 3.05) is 23.9 Å². The smallest absolute Gasteiger partial charge is 0.411 e. The highest BCUT2D eigenvalue weighted by molar-refractivity contribution is 7.07. The Morgan fingerprint density at radius 1 is 1.03 bits per heavy atom. The molecular formula is C26H23N3O4S. The van der Waals surface area contributed by atoms with Crippen molar-refractivity contribution in [1.29, 1.82) is 0 Å². The molecule has 3 aromatic carbocycles. The molecule has 2 N–H and O–H groups in total. The third kappa shape index (κ3) is 5.41. The van der Waals surface area contributed by atoms with E-state index in [1.165, 1.54) is 16.2 Å². The molecular weight excluding hydrogens is 450 g/mol. The number of nitrogens with one attached hydrogen (secondary N) is 1. The molecule has 0 aliphatic rings. The quantitative estimate of drug-likeness (QED) is 0.338. The third-order valence-corrected chi connectivity index (χ3v) is 5.95. The number of hydrogen-bond donors (Lipinski definition) is 2. The van der Waals surface area contributed by atoms with Crippen molar-refractivity contribution in [2.24, 2.45) is 0 Å².